The van der Waals surface area contributed by atoms with Crippen molar-refractivity contribution in [1.29, 1.82) is 0 Å². The van der Waals surface area contributed by atoms with Gasteiger partial charge in [-0.15, -0.1) is 0 Å². The Labute approximate surface area is 345 Å². The minimum atomic E-state index is -0.0983. The highest BCUT2D eigenvalue weighted by Crippen LogP contribution is 2.54. The van der Waals surface area contributed by atoms with Crippen LogP contribution in [0.4, 0.5) is 17.1 Å². The second-order valence-corrected chi connectivity index (χ2v) is 19.0. The maximum atomic E-state index is 6.82. The molecule has 0 amide bonds. The van der Waals surface area contributed by atoms with Crippen LogP contribution in [-0.2, 0) is 5.41 Å². The molecule has 0 unspecified atom stereocenters. The summed E-state index contributed by atoms with van der Waals surface area (Å²) in [7, 11) is 0. The van der Waals surface area contributed by atoms with E-state index in [4.69, 9.17) is 4.42 Å². The Morgan fingerprint density at radius 3 is 2.05 bits per heavy atom. The molecule has 13 rings (SSSR count). The first kappa shape index (κ1) is 33.0. The third-order valence-electron chi connectivity index (χ3n) is 12.5. The molecule has 58 heavy (non-hydrogen) atoms. The van der Waals surface area contributed by atoms with Gasteiger partial charge in [0.1, 0.15) is 5.58 Å². The molecular weight excluding hydrogens is 744 g/mol. The van der Waals surface area contributed by atoms with Crippen LogP contribution in [0.15, 0.2) is 182 Å². The summed E-state index contributed by atoms with van der Waals surface area (Å²) in [4.78, 5) is 7.84. The Kier molecular flexibility index (Phi) is 6.68. The molecule has 3 nitrogen and oxygen atoms in total. The first-order valence-electron chi connectivity index (χ1n) is 20.0. The van der Waals surface area contributed by atoms with E-state index in [1.807, 2.05) is 23.5 Å². The van der Waals surface area contributed by atoms with Gasteiger partial charge in [-0.05, 0) is 99.1 Å². The first-order chi connectivity index (χ1) is 28.4. The first-order valence-corrected chi connectivity index (χ1v) is 21.7. The van der Waals surface area contributed by atoms with Gasteiger partial charge in [-0.25, -0.2) is 0 Å². The van der Waals surface area contributed by atoms with Gasteiger partial charge in [0.15, 0.2) is 5.58 Å². The van der Waals surface area contributed by atoms with E-state index < -0.39 is 0 Å². The summed E-state index contributed by atoms with van der Waals surface area (Å²) in [6.45, 7) is 6.84. The lowest BCUT2D eigenvalue weighted by Crippen LogP contribution is -2.57. The van der Waals surface area contributed by atoms with E-state index in [9.17, 15) is 0 Å². The standard InChI is InChI=1S/C52H35BN2OS2/c1-52(2,3)32-24-25-40(37(27-32)30-14-5-4-6-15-30)54-41-29-46-45(57-43-22-11-12-23-44(43)58-46)28-39(41)53-47-38(26-31-16-7-8-17-33(31)49(47)54)34-19-13-20-36-48(34)55(53)50-35-18-9-10-21-42(35)56-51(36)50/h4-29H,1-3H3. The number of hydrogen-bond acceptors (Lipinski definition) is 4. The predicted molar refractivity (Wildman–Crippen MR) is 246 cm³/mol. The normalized spacial score (nSPS) is 13.9. The van der Waals surface area contributed by atoms with E-state index in [2.05, 4.69) is 188 Å². The minimum Gasteiger partial charge on any atom is -0.454 e. The van der Waals surface area contributed by atoms with Gasteiger partial charge in [-0.3, -0.25) is 0 Å². The van der Waals surface area contributed by atoms with E-state index in [-0.39, 0.29) is 12.3 Å². The van der Waals surface area contributed by atoms with Crippen molar-refractivity contribution in [3.63, 3.8) is 0 Å². The molecule has 0 bridgehead atoms. The highest BCUT2D eigenvalue weighted by Gasteiger charge is 2.45. The van der Waals surface area contributed by atoms with E-state index in [0.717, 1.165) is 27.5 Å². The fourth-order valence-corrected chi connectivity index (χ4v) is 12.2. The van der Waals surface area contributed by atoms with E-state index in [1.165, 1.54) is 91.7 Å². The number of para-hydroxylation sites is 2. The molecule has 3 aliphatic rings. The average molecular weight is 779 g/mol. The quantitative estimate of drug-likeness (QED) is 0.163. The lowest BCUT2D eigenvalue weighted by atomic mass is 9.45. The number of benzene rings is 8. The average Bonchev–Trinajstić information content (AvgIpc) is 3.79. The van der Waals surface area contributed by atoms with Crippen LogP contribution in [0.1, 0.15) is 26.3 Å². The Hall–Kier alpha value is -6.08. The van der Waals surface area contributed by atoms with Crippen molar-refractivity contribution in [2.75, 3.05) is 4.90 Å². The summed E-state index contributed by atoms with van der Waals surface area (Å²) in [6, 6.07) is 58.9. The fourth-order valence-electron chi connectivity index (χ4n) is 9.95. The van der Waals surface area contributed by atoms with Crippen molar-refractivity contribution in [3.8, 4) is 22.3 Å². The number of fused-ring (bicyclic) bond motifs is 13. The lowest BCUT2D eigenvalue weighted by Gasteiger charge is -2.42. The number of anilines is 3. The van der Waals surface area contributed by atoms with E-state index >= 15 is 0 Å². The summed E-state index contributed by atoms with van der Waals surface area (Å²) in [6.07, 6.45) is 0. The zero-order valence-corrected chi connectivity index (χ0v) is 33.8. The number of hydrogen-bond donors (Lipinski definition) is 0. The number of aromatic nitrogens is 1. The zero-order valence-electron chi connectivity index (χ0n) is 32.2. The molecule has 0 N–H and O–H groups in total. The van der Waals surface area contributed by atoms with Crippen molar-refractivity contribution in [2.24, 2.45) is 0 Å². The van der Waals surface area contributed by atoms with Crippen LogP contribution in [0.3, 0.4) is 0 Å². The van der Waals surface area contributed by atoms with Gasteiger partial charge >= 0.3 is 6.85 Å². The van der Waals surface area contributed by atoms with Gasteiger partial charge in [0.25, 0.3) is 0 Å². The van der Waals surface area contributed by atoms with E-state index in [1.54, 1.807) is 0 Å². The van der Waals surface area contributed by atoms with Crippen molar-refractivity contribution >= 4 is 102 Å². The maximum Gasteiger partial charge on any atom is 0.333 e. The van der Waals surface area contributed by atoms with Gasteiger partial charge in [0.2, 0.25) is 0 Å². The molecule has 0 spiro atoms. The highest BCUT2D eigenvalue weighted by atomic mass is 32.2. The van der Waals surface area contributed by atoms with Gasteiger partial charge in [-0.1, -0.05) is 141 Å². The molecule has 0 radical (unpaired) electrons. The summed E-state index contributed by atoms with van der Waals surface area (Å²) in [5.74, 6) is 0. The molecule has 0 saturated heterocycles. The second kappa shape index (κ2) is 11.8. The molecule has 0 atom stereocenters. The van der Waals surface area contributed by atoms with Gasteiger partial charge in [0.05, 0.1) is 16.9 Å². The molecule has 0 aliphatic carbocycles. The second-order valence-electron chi connectivity index (χ2n) is 16.8. The number of rotatable bonds is 2. The van der Waals surface area contributed by atoms with Crippen LogP contribution in [0, 0.1) is 0 Å². The van der Waals surface area contributed by atoms with Crippen LogP contribution in [0.5, 0.6) is 0 Å². The SMILES string of the molecule is CC(C)(C)c1ccc(N2c3cc4c(cc3B3c5c(cc6ccccc6c52)-c2cccc5c6oc7ccccc7c6n3c25)Sc2ccccc2S4)c(-c2ccccc2)c1. The van der Waals surface area contributed by atoms with Crippen LogP contribution < -0.4 is 15.8 Å². The summed E-state index contributed by atoms with van der Waals surface area (Å²) < 4.78 is 9.46. The molecule has 8 aromatic carbocycles. The van der Waals surface area contributed by atoms with Crippen LogP contribution in [-0.4, -0.2) is 11.3 Å². The Morgan fingerprint density at radius 2 is 1.24 bits per heavy atom. The van der Waals surface area contributed by atoms with Crippen LogP contribution in [0.2, 0.25) is 0 Å². The molecule has 10 aromatic rings. The highest BCUT2D eigenvalue weighted by molar-refractivity contribution is 8.05. The van der Waals surface area contributed by atoms with Gasteiger partial charge in [0, 0.05) is 58.1 Å². The molecule has 274 valence electrons. The smallest absolute Gasteiger partial charge is 0.333 e. The van der Waals surface area contributed by atoms with Gasteiger partial charge < -0.3 is 13.8 Å². The predicted octanol–water partition coefficient (Wildman–Crippen LogP) is 13.7. The summed E-state index contributed by atoms with van der Waals surface area (Å²) in [5.41, 5.74) is 16.8. The Bertz CT molecular complexity index is 3410. The molecule has 6 heteroatoms. The molecule has 5 heterocycles. The molecule has 0 saturated carbocycles. The van der Waals surface area contributed by atoms with Crippen LogP contribution >= 0.6 is 23.5 Å². The number of nitrogens with zero attached hydrogens (tertiary/aromatic N) is 2. The molecule has 2 aromatic heterocycles. The fraction of sp³-hybridized carbons (Fsp3) is 0.0769. The largest absolute Gasteiger partial charge is 0.454 e. The van der Waals surface area contributed by atoms with Crippen molar-refractivity contribution in [3.05, 3.63) is 163 Å². The topological polar surface area (TPSA) is 21.3 Å². The summed E-state index contributed by atoms with van der Waals surface area (Å²) in [5, 5.41) is 4.79. The Balaban J connectivity index is 1.21. The molecular formula is C52H35BN2OS2. The third kappa shape index (κ3) is 4.45. The summed E-state index contributed by atoms with van der Waals surface area (Å²) >= 11 is 3.79. The molecule has 3 aliphatic heterocycles. The maximum absolute atomic E-state index is 6.82. The monoisotopic (exact) mass is 778 g/mol. The van der Waals surface area contributed by atoms with Crippen molar-refractivity contribution in [1.82, 2.24) is 4.48 Å². The van der Waals surface area contributed by atoms with Crippen LogP contribution in [0.25, 0.3) is 66.0 Å². The Morgan fingerprint density at radius 1 is 0.534 bits per heavy atom. The molecule has 0 fully saturated rings. The minimum absolute atomic E-state index is 0.0197. The zero-order chi connectivity index (χ0) is 38.4. The van der Waals surface area contributed by atoms with Crippen molar-refractivity contribution in [2.45, 2.75) is 45.8 Å². The van der Waals surface area contributed by atoms with E-state index in [0.29, 0.717) is 0 Å². The van der Waals surface area contributed by atoms with Crippen molar-refractivity contribution < 1.29 is 4.42 Å². The third-order valence-corrected chi connectivity index (χ3v) is 15.1. The number of furan rings is 1. The van der Waals surface area contributed by atoms with Gasteiger partial charge in [-0.2, -0.15) is 0 Å². The lowest BCUT2D eigenvalue weighted by molar-refractivity contribution is 0.590.